The molecular formula is C63H46N4. The standard InChI is InChI=1S/C63H46N4/c1-4-19-44-22-10-15-30-53(44)64-63(40(2)46-29-18-33-57-59(46)51-28-14-17-32-56(51)65(57)45-23-6-5-7-24-45)67-58-38-35-42-20-8-11-25-47(42)60(58)52-37-39-54(41(3)61(52)67)66-55-31-16-13-27-49(55)50-36-34-43-21-9-12-26-48(43)62(50)66/h4-39,41,54H,2H2,1,3H3/b19-4+,64-63?. The van der Waals surface area contributed by atoms with Gasteiger partial charge in [-0.05, 0) is 76.7 Å². The molecule has 0 N–H and O–H groups in total. The van der Waals surface area contributed by atoms with E-state index in [0.29, 0.717) is 0 Å². The topological polar surface area (TPSA) is 27.1 Å². The molecule has 318 valence electrons. The Balaban J connectivity index is 1.13. The minimum Gasteiger partial charge on any atom is -0.332 e. The van der Waals surface area contributed by atoms with Crippen molar-refractivity contribution in [2.24, 2.45) is 4.99 Å². The van der Waals surface area contributed by atoms with E-state index in [1.54, 1.807) is 0 Å². The van der Waals surface area contributed by atoms with Gasteiger partial charge >= 0.3 is 0 Å². The molecule has 1 aliphatic carbocycles. The van der Waals surface area contributed by atoms with E-state index in [1.807, 2.05) is 0 Å². The van der Waals surface area contributed by atoms with Crippen LogP contribution in [0.25, 0.3) is 99.5 Å². The van der Waals surface area contributed by atoms with Gasteiger partial charge in [-0.2, -0.15) is 0 Å². The van der Waals surface area contributed by atoms with E-state index in [1.165, 1.54) is 65.4 Å². The monoisotopic (exact) mass is 858 g/mol. The summed E-state index contributed by atoms with van der Waals surface area (Å²) < 4.78 is 7.48. The zero-order valence-corrected chi connectivity index (χ0v) is 37.4. The number of para-hydroxylation sites is 4. The highest BCUT2D eigenvalue weighted by molar-refractivity contribution is 6.31. The molecule has 0 amide bonds. The van der Waals surface area contributed by atoms with Gasteiger partial charge in [-0.3, -0.25) is 4.57 Å². The summed E-state index contributed by atoms with van der Waals surface area (Å²) in [6.07, 6.45) is 9.10. The molecule has 3 aromatic heterocycles. The number of nitrogens with zero attached hydrogens (tertiary/aromatic N) is 4. The lowest BCUT2D eigenvalue weighted by atomic mass is 9.87. The van der Waals surface area contributed by atoms with Gasteiger partial charge in [0.25, 0.3) is 0 Å². The number of fused-ring (bicyclic) bond motifs is 13. The van der Waals surface area contributed by atoms with E-state index >= 15 is 0 Å². The third kappa shape index (κ3) is 5.82. The van der Waals surface area contributed by atoms with Crippen LogP contribution in [0.1, 0.15) is 48.2 Å². The molecule has 0 saturated carbocycles. The van der Waals surface area contributed by atoms with E-state index in [2.05, 4.69) is 246 Å². The van der Waals surface area contributed by atoms with Gasteiger partial charge in [-0.15, -0.1) is 0 Å². The molecule has 2 atom stereocenters. The highest BCUT2D eigenvalue weighted by atomic mass is 15.1. The molecule has 9 aromatic carbocycles. The van der Waals surface area contributed by atoms with Gasteiger partial charge in [0.15, 0.2) is 0 Å². The van der Waals surface area contributed by atoms with E-state index in [-0.39, 0.29) is 12.0 Å². The molecule has 2 unspecified atom stereocenters. The Morgan fingerprint density at radius 3 is 2.03 bits per heavy atom. The largest absolute Gasteiger partial charge is 0.332 e. The van der Waals surface area contributed by atoms with E-state index < -0.39 is 0 Å². The third-order valence-electron chi connectivity index (χ3n) is 14.3. The number of hydrogen-bond acceptors (Lipinski definition) is 1. The second-order valence-corrected chi connectivity index (χ2v) is 17.9. The molecule has 1 aliphatic rings. The second-order valence-electron chi connectivity index (χ2n) is 17.9. The summed E-state index contributed by atoms with van der Waals surface area (Å²) >= 11 is 0. The molecule has 4 nitrogen and oxygen atoms in total. The van der Waals surface area contributed by atoms with Gasteiger partial charge in [-0.25, -0.2) is 4.99 Å². The summed E-state index contributed by atoms with van der Waals surface area (Å²) in [5.74, 6) is 0.805. The van der Waals surface area contributed by atoms with E-state index in [4.69, 9.17) is 11.6 Å². The van der Waals surface area contributed by atoms with E-state index in [0.717, 1.165) is 55.8 Å². The maximum absolute atomic E-state index is 5.84. The lowest BCUT2D eigenvalue weighted by molar-refractivity contribution is 0.526. The molecule has 3 heterocycles. The van der Waals surface area contributed by atoms with Crippen LogP contribution in [-0.2, 0) is 0 Å². The number of rotatable bonds is 6. The number of allylic oxidation sites excluding steroid dienone is 3. The van der Waals surface area contributed by atoms with Gasteiger partial charge < -0.3 is 9.13 Å². The van der Waals surface area contributed by atoms with Crippen molar-refractivity contribution < 1.29 is 0 Å². The van der Waals surface area contributed by atoms with Gasteiger partial charge in [0.2, 0.25) is 0 Å². The maximum atomic E-state index is 5.84. The van der Waals surface area contributed by atoms with Crippen molar-refractivity contribution in [2.75, 3.05) is 0 Å². The number of hydrogen-bond donors (Lipinski definition) is 0. The summed E-state index contributed by atoms with van der Waals surface area (Å²) in [5, 5.41) is 11.0. The Kier molecular flexibility index (Phi) is 8.91. The van der Waals surface area contributed by atoms with Crippen LogP contribution in [0.15, 0.2) is 218 Å². The number of aromatic nitrogens is 3. The Bertz CT molecular complexity index is 4090. The molecule has 0 spiro atoms. The maximum Gasteiger partial charge on any atom is 0.145 e. The van der Waals surface area contributed by atoms with Crippen molar-refractivity contribution in [3.63, 3.8) is 0 Å². The van der Waals surface area contributed by atoms with Gasteiger partial charge in [0.05, 0.1) is 33.8 Å². The first kappa shape index (κ1) is 38.9. The zero-order valence-electron chi connectivity index (χ0n) is 37.4. The highest BCUT2D eigenvalue weighted by Gasteiger charge is 2.35. The Labute approximate surface area is 389 Å². The zero-order chi connectivity index (χ0) is 44.8. The van der Waals surface area contributed by atoms with Gasteiger partial charge in [0.1, 0.15) is 5.84 Å². The van der Waals surface area contributed by atoms with E-state index in [9.17, 15) is 0 Å². The summed E-state index contributed by atoms with van der Waals surface area (Å²) in [4.78, 5) is 5.84. The van der Waals surface area contributed by atoms with Crippen LogP contribution >= 0.6 is 0 Å². The van der Waals surface area contributed by atoms with Crippen LogP contribution in [0.4, 0.5) is 5.69 Å². The fourth-order valence-corrected chi connectivity index (χ4v) is 11.4. The fourth-order valence-electron chi connectivity index (χ4n) is 11.4. The summed E-state index contributed by atoms with van der Waals surface area (Å²) in [6, 6.07) is 70.2. The average molecular weight is 859 g/mol. The number of aliphatic imine (C=N–C) groups is 1. The Morgan fingerprint density at radius 2 is 1.21 bits per heavy atom. The summed E-state index contributed by atoms with van der Waals surface area (Å²) in [7, 11) is 0. The summed E-state index contributed by atoms with van der Waals surface area (Å²) in [5.41, 5.74) is 13.3. The van der Waals surface area contributed by atoms with Crippen LogP contribution < -0.4 is 0 Å². The minimum atomic E-state index is -0.0212. The molecule has 13 rings (SSSR count). The van der Waals surface area contributed by atoms with Crippen LogP contribution in [0.5, 0.6) is 0 Å². The van der Waals surface area contributed by atoms with Crippen molar-refractivity contribution >= 4 is 105 Å². The third-order valence-corrected chi connectivity index (χ3v) is 14.3. The van der Waals surface area contributed by atoms with Crippen molar-refractivity contribution in [2.45, 2.75) is 25.8 Å². The summed E-state index contributed by atoms with van der Waals surface area (Å²) in [6.45, 7) is 9.60. The molecule has 12 aromatic rings. The molecule has 0 radical (unpaired) electrons. The minimum absolute atomic E-state index is 0.00343. The first-order valence-corrected chi connectivity index (χ1v) is 23.3. The first-order chi connectivity index (χ1) is 33.1. The molecular weight excluding hydrogens is 813 g/mol. The quantitative estimate of drug-likeness (QED) is 0.118. The SMILES string of the molecule is C=C(C(=Nc1ccccc1/C=C/C)n1c2c(c3c4ccccc4ccc31)C=CC(n1c3ccccc3c3ccc4ccccc4c31)C2C)c1cccc2c1c1ccccc1n2-c1ccccc1. The van der Waals surface area contributed by atoms with Crippen molar-refractivity contribution in [3.05, 3.63) is 235 Å². The molecule has 67 heavy (non-hydrogen) atoms. The molecule has 0 bridgehead atoms. The molecule has 0 fully saturated rings. The van der Waals surface area contributed by atoms with Crippen LogP contribution in [0.2, 0.25) is 0 Å². The van der Waals surface area contributed by atoms with Crippen LogP contribution in [0.3, 0.4) is 0 Å². The fraction of sp³-hybridized carbons (Fsp3) is 0.0635. The molecule has 0 aliphatic heterocycles. The lowest BCUT2D eigenvalue weighted by Crippen LogP contribution is -2.24. The van der Waals surface area contributed by atoms with Crippen molar-refractivity contribution in [3.8, 4) is 5.69 Å². The highest BCUT2D eigenvalue weighted by Crippen LogP contribution is 2.49. The first-order valence-electron chi connectivity index (χ1n) is 23.3. The van der Waals surface area contributed by atoms with Gasteiger partial charge in [-0.1, -0.05) is 189 Å². The Morgan fingerprint density at radius 1 is 0.552 bits per heavy atom. The average Bonchev–Trinajstić information content (AvgIpc) is 4.03. The van der Waals surface area contributed by atoms with Crippen molar-refractivity contribution in [1.82, 2.24) is 13.7 Å². The predicted octanol–water partition coefficient (Wildman–Crippen LogP) is 16.8. The second kappa shape index (κ2) is 15.3. The van der Waals surface area contributed by atoms with Crippen LogP contribution in [-0.4, -0.2) is 19.5 Å². The molecule has 4 heteroatoms. The Hall–Kier alpha value is -8.47. The normalized spacial score (nSPS) is 15.3. The predicted molar refractivity (Wildman–Crippen MR) is 286 cm³/mol. The molecule has 0 saturated heterocycles. The van der Waals surface area contributed by atoms with Gasteiger partial charge in [0, 0.05) is 66.3 Å². The lowest BCUT2D eigenvalue weighted by Gasteiger charge is -2.31. The smallest absolute Gasteiger partial charge is 0.145 e. The van der Waals surface area contributed by atoms with Crippen LogP contribution in [0, 0.1) is 0 Å². The van der Waals surface area contributed by atoms with Crippen molar-refractivity contribution in [1.29, 1.82) is 0 Å². The number of benzene rings is 9.